The van der Waals surface area contributed by atoms with Gasteiger partial charge in [0.05, 0.1) is 0 Å². The van der Waals surface area contributed by atoms with Crippen LogP contribution in [-0.2, 0) is 76.8 Å². The number of halogens is 12. The highest BCUT2D eigenvalue weighted by Crippen LogP contribution is 2.33. The van der Waals surface area contributed by atoms with Crippen LogP contribution in [0.2, 0.25) is 0 Å². The van der Waals surface area contributed by atoms with Crippen LogP contribution >= 0.6 is 0 Å². The third kappa shape index (κ3) is 15.6. The third-order valence-electron chi connectivity index (χ3n) is 13.5. The monoisotopic (exact) mass is 1110 g/mol. The van der Waals surface area contributed by atoms with E-state index in [2.05, 4.69) is 0 Å². The molecule has 0 aromatic heterocycles. The van der Waals surface area contributed by atoms with E-state index in [1.807, 2.05) is 20.8 Å². The third-order valence-corrected chi connectivity index (χ3v) is 13.5. The van der Waals surface area contributed by atoms with E-state index in [1.165, 1.54) is 45.0 Å². The summed E-state index contributed by atoms with van der Waals surface area (Å²) in [5.74, 6) is -15.4. The maximum Gasteiger partial charge on any atom is 0.194 e. The Morgan fingerprint density at radius 1 is 0.308 bits per heavy atom. The molecule has 6 unspecified atom stereocenters. The summed E-state index contributed by atoms with van der Waals surface area (Å²) in [6, 6.07) is 13.6. The fourth-order valence-corrected chi connectivity index (χ4v) is 9.28. The molecule has 0 heterocycles. The average Bonchev–Trinajstić information content (AvgIpc) is 0.746. The summed E-state index contributed by atoms with van der Waals surface area (Å²) in [6.07, 6.45) is -14.2. The zero-order chi connectivity index (χ0) is 72.7. The Morgan fingerprint density at radius 3 is 1.32 bits per heavy atom. The molecule has 0 saturated carbocycles. The van der Waals surface area contributed by atoms with Gasteiger partial charge in [-0.05, 0) is 272 Å². The molecule has 0 saturated heterocycles. The van der Waals surface area contributed by atoms with Gasteiger partial charge in [0.1, 0.15) is 5.82 Å². The van der Waals surface area contributed by atoms with E-state index >= 15 is 0 Å². The van der Waals surface area contributed by atoms with Gasteiger partial charge >= 0.3 is 0 Å². The van der Waals surface area contributed by atoms with E-state index in [0.29, 0.717) is 59.9 Å². The fraction of sp³-hybridized carbons (Fsp3) is 0.455. The lowest BCUT2D eigenvalue weighted by Gasteiger charge is -2.21. The maximum absolute atomic E-state index is 13.6. The van der Waals surface area contributed by atoms with Crippen molar-refractivity contribution in [2.75, 3.05) is 0 Å². The number of rotatable bonds is 0. The zero-order valence-electron chi connectivity index (χ0n) is 61.8. The highest BCUT2D eigenvalue weighted by molar-refractivity contribution is 5.36. The van der Waals surface area contributed by atoms with Crippen LogP contribution in [-0.4, -0.2) is 0 Å². The number of aryl methyl sites for hydroxylation is 3. The molecule has 0 radical (unpaired) electrons. The van der Waals surface area contributed by atoms with Crippen LogP contribution < -0.4 is 0 Å². The van der Waals surface area contributed by atoms with E-state index in [0.717, 1.165) is 48.4 Å². The second-order valence-corrected chi connectivity index (χ2v) is 20.3. The van der Waals surface area contributed by atoms with Gasteiger partial charge in [0.25, 0.3) is 0 Å². The fourth-order valence-electron chi connectivity index (χ4n) is 9.28. The molecule has 0 N–H and O–H groups in total. The van der Waals surface area contributed by atoms with Crippen molar-refractivity contribution in [1.82, 2.24) is 0 Å². The summed E-state index contributed by atoms with van der Waals surface area (Å²) in [4.78, 5) is 0. The first-order valence-electron chi connectivity index (χ1n) is 34.6. The van der Waals surface area contributed by atoms with Crippen molar-refractivity contribution >= 4 is 0 Å². The number of hydrogen-bond acceptors (Lipinski definition) is 0. The number of benzene rings is 6. The van der Waals surface area contributed by atoms with Crippen molar-refractivity contribution in [2.24, 2.45) is 35.5 Å². The quantitative estimate of drug-likeness (QED) is 0.105. The molecule has 12 heteroatoms. The molecule has 0 spiro atoms. The average molecular weight is 1110 g/mol. The van der Waals surface area contributed by atoms with Crippen LogP contribution in [0, 0.1) is 105 Å². The molecule has 6 aliphatic carbocycles. The molecule has 78 heavy (non-hydrogen) atoms. The Labute approximate surface area is 478 Å². The lowest BCUT2D eigenvalue weighted by molar-refractivity contribution is 0.418. The SMILES string of the molecule is [2H]C1([2H])CC(C)Cc2cc(F)c(F)cc21.[2H]C1([2H])CC(C)Cc2ccc(F)c(F)c21.[2H]C1([2H])CC(C)Cc2ccc(F)cc21.[2H]C1([2H])Cc2c(cc(F)c(F)c2F)C([2H])([2H])C1C.[2H]C1([2H])Cc2c(ccc(F)c2F)C([2H])([2H])C1C.[2H]C1([2H])Cc2cc(F)c(F)cc2C([2H])([2H])C1C. The van der Waals surface area contributed by atoms with Gasteiger partial charge < -0.3 is 0 Å². The summed E-state index contributed by atoms with van der Waals surface area (Å²) in [5, 5.41) is 0. The Bertz CT molecular complexity index is 3880. The summed E-state index contributed by atoms with van der Waals surface area (Å²) in [5.41, 5.74) is 2.32. The van der Waals surface area contributed by atoms with Crippen LogP contribution in [0.3, 0.4) is 0 Å². The Balaban J connectivity index is 0.000000163. The molecule has 0 bridgehead atoms. The van der Waals surface area contributed by atoms with Crippen molar-refractivity contribution in [2.45, 2.75) is 157 Å². The van der Waals surface area contributed by atoms with E-state index in [9.17, 15) is 52.7 Å². The first-order chi connectivity index (χ1) is 43.7. The number of fused-ring (bicyclic) bond motifs is 6. The van der Waals surface area contributed by atoms with Crippen molar-refractivity contribution in [3.63, 3.8) is 0 Å². The van der Waals surface area contributed by atoms with E-state index in [1.54, 1.807) is 6.07 Å². The Morgan fingerprint density at radius 2 is 0.718 bits per heavy atom. The van der Waals surface area contributed by atoms with Crippen molar-refractivity contribution in [3.05, 3.63) is 209 Å². The summed E-state index contributed by atoms with van der Waals surface area (Å²) < 4.78 is 298. The van der Waals surface area contributed by atoms with Crippen molar-refractivity contribution in [3.8, 4) is 0 Å². The predicted octanol–water partition coefficient (Wildman–Crippen LogP) is 18.5. The summed E-state index contributed by atoms with van der Waals surface area (Å²) >= 11 is 0. The van der Waals surface area contributed by atoms with Gasteiger partial charge in [-0.25, -0.2) is 52.7 Å². The van der Waals surface area contributed by atoms with Crippen molar-refractivity contribution < 1.29 is 77.4 Å². The van der Waals surface area contributed by atoms with E-state index < -0.39 is 151 Å². The Hall–Kier alpha value is -5.52. The number of hydrogen-bond donors (Lipinski definition) is 0. The second-order valence-electron chi connectivity index (χ2n) is 20.3. The van der Waals surface area contributed by atoms with Crippen LogP contribution in [0.15, 0.2) is 72.8 Å². The largest absolute Gasteiger partial charge is 0.207 e. The molecule has 0 amide bonds. The molecule has 0 fully saturated rings. The lowest BCUT2D eigenvalue weighted by atomic mass is 9.84. The minimum atomic E-state index is -2.24. The van der Waals surface area contributed by atoms with Crippen LogP contribution in [0.4, 0.5) is 52.7 Å². The van der Waals surface area contributed by atoms with Crippen LogP contribution in [0.25, 0.3) is 0 Å². The predicted molar refractivity (Wildman–Crippen MR) is 285 cm³/mol. The molecule has 6 aromatic carbocycles. The van der Waals surface area contributed by atoms with Crippen LogP contribution in [0.1, 0.15) is 171 Å². The minimum absolute atomic E-state index is 0.0547. The molecule has 420 valence electrons. The zero-order valence-corrected chi connectivity index (χ0v) is 43.8. The molecule has 6 aromatic rings. The lowest BCUT2D eigenvalue weighted by Crippen LogP contribution is -2.14. The van der Waals surface area contributed by atoms with Gasteiger partial charge in [0.2, 0.25) is 0 Å². The highest BCUT2D eigenvalue weighted by Gasteiger charge is 2.25. The molecular formula is C66H72F12. The van der Waals surface area contributed by atoms with E-state index in [4.69, 9.17) is 24.7 Å². The molecule has 12 rings (SSSR count). The molecular weight excluding hydrogens is 1020 g/mol. The maximum atomic E-state index is 13.6. The molecule has 6 atom stereocenters. The molecule has 0 aliphatic heterocycles. The smallest absolute Gasteiger partial charge is 0.194 e. The first-order valence-corrected chi connectivity index (χ1v) is 25.6. The van der Waals surface area contributed by atoms with E-state index in [-0.39, 0.29) is 70.3 Å². The Kier molecular flexibility index (Phi) is 13.8. The van der Waals surface area contributed by atoms with Crippen LogP contribution in [0.5, 0.6) is 0 Å². The molecule has 6 aliphatic rings. The van der Waals surface area contributed by atoms with Gasteiger partial charge in [0.15, 0.2) is 64.0 Å². The topological polar surface area (TPSA) is 0 Å². The van der Waals surface area contributed by atoms with Gasteiger partial charge in [-0.15, -0.1) is 0 Å². The van der Waals surface area contributed by atoms with Gasteiger partial charge in [-0.2, -0.15) is 0 Å². The second kappa shape index (κ2) is 27.1. The standard InChI is InChI=1S/C11H11F3.4C11H12F2.C11H13F/c1-6-2-3-8-7(4-6)5-9(12)11(14)10(8)13;2*1-7-2-4-9-8(6-7)3-5-10(12)11(9)13;2*1-7-2-3-8-5-10(12)11(13)6-9(8)4-7;1-8-2-3-10-7-11(12)5-4-9(10)6-8/h5-6H,2-4H2,1H3;2*3,5,7H,2,4,6H2,1H3;2*5-7H,2-4H2,1H3;4-5,7-8H,2-3,6H2,1H3/i2D2,4D2;2D2,6D2;4D2;2D2,4D2;2*3D2. The van der Waals surface area contributed by atoms with Crippen molar-refractivity contribution in [1.29, 1.82) is 0 Å². The molecule has 0 nitrogen and oxygen atoms in total. The first kappa shape index (κ1) is 39.8. The summed E-state index contributed by atoms with van der Waals surface area (Å²) in [7, 11) is 0. The summed E-state index contributed by atoms with van der Waals surface area (Å²) in [6.45, 7) is 10.1. The minimum Gasteiger partial charge on any atom is -0.207 e. The van der Waals surface area contributed by atoms with Gasteiger partial charge in [-0.1, -0.05) is 59.7 Å². The highest BCUT2D eigenvalue weighted by atomic mass is 19.2. The normalized spacial score (nSPS) is 30.5. The van der Waals surface area contributed by atoms with Gasteiger partial charge in [0, 0.05) is 24.7 Å². The van der Waals surface area contributed by atoms with Gasteiger partial charge in [-0.3, -0.25) is 0 Å².